The summed E-state index contributed by atoms with van der Waals surface area (Å²) in [6, 6.07) is 3.17. The average molecular weight is 270 g/mol. The number of rotatable bonds is 4. The quantitative estimate of drug-likeness (QED) is 0.824. The molecular formula is C13H22N2O2S. The van der Waals surface area contributed by atoms with Gasteiger partial charge in [-0.1, -0.05) is 13.8 Å². The third-order valence-electron chi connectivity index (χ3n) is 3.27. The van der Waals surface area contributed by atoms with Gasteiger partial charge in [-0.3, -0.25) is 0 Å². The molecule has 0 fully saturated rings. The van der Waals surface area contributed by atoms with Crippen LogP contribution < -0.4 is 10.5 Å². The van der Waals surface area contributed by atoms with Crippen molar-refractivity contribution in [2.24, 2.45) is 5.92 Å². The summed E-state index contributed by atoms with van der Waals surface area (Å²) in [4.78, 5) is 0.271. The highest BCUT2D eigenvalue weighted by atomic mass is 32.2. The van der Waals surface area contributed by atoms with Crippen molar-refractivity contribution < 1.29 is 8.42 Å². The Morgan fingerprint density at radius 1 is 1.17 bits per heavy atom. The highest BCUT2D eigenvalue weighted by Crippen LogP contribution is 2.22. The number of nitrogen functional groups attached to an aromatic ring is 1. The Balaban J connectivity index is 3.21. The highest BCUT2D eigenvalue weighted by Gasteiger charge is 2.22. The number of hydrogen-bond donors (Lipinski definition) is 2. The Hall–Kier alpha value is -1.07. The molecule has 0 radical (unpaired) electrons. The third-order valence-corrected chi connectivity index (χ3v) is 4.96. The van der Waals surface area contributed by atoms with Gasteiger partial charge < -0.3 is 5.73 Å². The number of aryl methyl sites for hydroxylation is 1. The SMILES string of the molecule is Cc1cc(N)cc(S(=O)(=O)NC(C)C(C)C)c1C. The van der Waals surface area contributed by atoms with E-state index in [4.69, 9.17) is 5.73 Å². The summed E-state index contributed by atoms with van der Waals surface area (Å²) in [5.41, 5.74) is 7.82. The van der Waals surface area contributed by atoms with E-state index in [0.29, 0.717) is 5.69 Å². The average Bonchev–Trinajstić information content (AvgIpc) is 2.22. The van der Waals surface area contributed by atoms with Crippen LogP contribution in [0.4, 0.5) is 5.69 Å². The number of hydrogen-bond acceptors (Lipinski definition) is 3. The Bertz CT molecular complexity index is 536. The Morgan fingerprint density at radius 3 is 2.22 bits per heavy atom. The summed E-state index contributed by atoms with van der Waals surface area (Å²) in [6.07, 6.45) is 0. The number of nitrogens with two attached hydrogens (primary N) is 1. The lowest BCUT2D eigenvalue weighted by Gasteiger charge is -2.19. The fourth-order valence-electron chi connectivity index (χ4n) is 1.58. The van der Waals surface area contributed by atoms with Crippen LogP contribution in [0, 0.1) is 19.8 Å². The molecule has 3 N–H and O–H groups in total. The summed E-state index contributed by atoms with van der Waals surface area (Å²) < 4.78 is 27.3. The number of nitrogens with one attached hydrogen (secondary N) is 1. The molecule has 0 heterocycles. The molecule has 1 unspecified atom stereocenters. The first-order valence-corrected chi connectivity index (χ1v) is 7.52. The first-order valence-electron chi connectivity index (χ1n) is 6.04. The molecule has 0 aliphatic carbocycles. The van der Waals surface area contributed by atoms with E-state index < -0.39 is 10.0 Å². The van der Waals surface area contributed by atoms with Crippen LogP contribution in [-0.2, 0) is 10.0 Å². The standard InChI is InChI=1S/C13H22N2O2S/c1-8(2)11(5)15-18(16,17)13-7-12(14)6-9(3)10(13)4/h6-8,11,15H,14H2,1-5H3. The fraction of sp³-hybridized carbons (Fsp3) is 0.538. The van der Waals surface area contributed by atoms with E-state index in [1.165, 1.54) is 6.07 Å². The smallest absolute Gasteiger partial charge is 0.241 e. The molecule has 1 aromatic rings. The fourth-order valence-corrected chi connectivity index (χ4v) is 3.32. The van der Waals surface area contributed by atoms with Crippen LogP contribution in [-0.4, -0.2) is 14.5 Å². The van der Waals surface area contributed by atoms with Crippen molar-refractivity contribution in [2.45, 2.75) is 45.6 Å². The zero-order valence-corrected chi connectivity index (χ0v) is 12.4. The third kappa shape index (κ3) is 3.23. The molecule has 0 saturated carbocycles. The molecule has 0 aliphatic heterocycles. The van der Waals surface area contributed by atoms with E-state index in [1.54, 1.807) is 13.0 Å². The maximum Gasteiger partial charge on any atom is 0.241 e. The molecule has 0 saturated heterocycles. The molecule has 0 amide bonds. The topological polar surface area (TPSA) is 72.2 Å². The van der Waals surface area contributed by atoms with Crippen molar-refractivity contribution in [3.05, 3.63) is 23.3 Å². The molecule has 18 heavy (non-hydrogen) atoms. The lowest BCUT2D eigenvalue weighted by atomic mass is 10.1. The highest BCUT2D eigenvalue weighted by molar-refractivity contribution is 7.89. The minimum atomic E-state index is -3.51. The molecule has 1 atom stereocenters. The summed E-state index contributed by atoms with van der Waals surface area (Å²) in [7, 11) is -3.51. The van der Waals surface area contributed by atoms with E-state index in [0.717, 1.165) is 11.1 Å². The summed E-state index contributed by atoms with van der Waals surface area (Å²) >= 11 is 0. The van der Waals surface area contributed by atoms with Crippen LogP contribution >= 0.6 is 0 Å². The molecule has 5 heteroatoms. The Labute approximate surface area is 110 Å². The molecular weight excluding hydrogens is 248 g/mol. The predicted molar refractivity (Wildman–Crippen MR) is 74.9 cm³/mol. The molecule has 1 rings (SSSR count). The molecule has 102 valence electrons. The van der Waals surface area contributed by atoms with Crippen LogP contribution in [0.5, 0.6) is 0 Å². The summed E-state index contributed by atoms with van der Waals surface area (Å²) in [6.45, 7) is 9.46. The molecule has 4 nitrogen and oxygen atoms in total. The number of anilines is 1. The van der Waals surface area contributed by atoms with Gasteiger partial charge in [0, 0.05) is 11.7 Å². The van der Waals surface area contributed by atoms with Crippen molar-refractivity contribution in [1.82, 2.24) is 4.72 Å². The summed E-state index contributed by atoms with van der Waals surface area (Å²) in [5, 5.41) is 0. The van der Waals surface area contributed by atoms with Crippen molar-refractivity contribution >= 4 is 15.7 Å². The molecule has 0 aliphatic rings. The minimum Gasteiger partial charge on any atom is -0.399 e. The lowest BCUT2D eigenvalue weighted by molar-refractivity contribution is 0.476. The zero-order valence-electron chi connectivity index (χ0n) is 11.6. The van der Waals surface area contributed by atoms with Gasteiger partial charge in [0.15, 0.2) is 0 Å². The van der Waals surface area contributed by atoms with Gasteiger partial charge in [0.25, 0.3) is 0 Å². The lowest BCUT2D eigenvalue weighted by Crippen LogP contribution is -2.36. The van der Waals surface area contributed by atoms with Crippen molar-refractivity contribution in [1.29, 1.82) is 0 Å². The Kier molecular flexibility index (Phi) is 4.40. The normalized spacial score (nSPS) is 13.9. The molecule has 0 aromatic heterocycles. The largest absolute Gasteiger partial charge is 0.399 e. The van der Waals surface area contributed by atoms with Crippen LogP contribution in [0.15, 0.2) is 17.0 Å². The number of benzene rings is 1. The van der Waals surface area contributed by atoms with Crippen LogP contribution in [0.1, 0.15) is 31.9 Å². The van der Waals surface area contributed by atoms with Crippen molar-refractivity contribution in [3.8, 4) is 0 Å². The second-order valence-electron chi connectivity index (χ2n) is 5.11. The maximum absolute atomic E-state index is 12.3. The molecule has 0 bridgehead atoms. The van der Waals surface area contributed by atoms with Crippen LogP contribution in [0.2, 0.25) is 0 Å². The van der Waals surface area contributed by atoms with Gasteiger partial charge in [0.2, 0.25) is 10.0 Å². The van der Waals surface area contributed by atoms with E-state index in [9.17, 15) is 8.42 Å². The van der Waals surface area contributed by atoms with Gasteiger partial charge in [-0.15, -0.1) is 0 Å². The van der Waals surface area contributed by atoms with Gasteiger partial charge in [-0.05, 0) is 49.9 Å². The molecule has 0 spiro atoms. The van der Waals surface area contributed by atoms with Crippen LogP contribution in [0.3, 0.4) is 0 Å². The van der Waals surface area contributed by atoms with Gasteiger partial charge in [0.05, 0.1) is 4.90 Å². The van der Waals surface area contributed by atoms with Crippen molar-refractivity contribution in [2.75, 3.05) is 5.73 Å². The van der Waals surface area contributed by atoms with Gasteiger partial charge >= 0.3 is 0 Å². The van der Waals surface area contributed by atoms with E-state index >= 15 is 0 Å². The van der Waals surface area contributed by atoms with Gasteiger partial charge in [0.1, 0.15) is 0 Å². The van der Waals surface area contributed by atoms with E-state index in [2.05, 4.69) is 4.72 Å². The zero-order chi connectivity index (χ0) is 14.1. The van der Waals surface area contributed by atoms with Gasteiger partial charge in [-0.25, -0.2) is 13.1 Å². The molecule has 1 aromatic carbocycles. The van der Waals surface area contributed by atoms with Gasteiger partial charge in [-0.2, -0.15) is 0 Å². The number of sulfonamides is 1. The van der Waals surface area contributed by atoms with Crippen molar-refractivity contribution in [3.63, 3.8) is 0 Å². The van der Waals surface area contributed by atoms with Crippen LogP contribution in [0.25, 0.3) is 0 Å². The monoisotopic (exact) mass is 270 g/mol. The summed E-state index contributed by atoms with van der Waals surface area (Å²) in [5.74, 6) is 0.238. The first-order chi connectivity index (χ1) is 8.15. The Morgan fingerprint density at radius 2 is 1.72 bits per heavy atom. The second-order valence-corrected chi connectivity index (χ2v) is 6.80. The van der Waals surface area contributed by atoms with E-state index in [1.807, 2.05) is 27.7 Å². The maximum atomic E-state index is 12.3. The van der Waals surface area contributed by atoms with E-state index in [-0.39, 0.29) is 16.9 Å². The predicted octanol–water partition coefficient (Wildman–Crippen LogP) is 2.21. The first kappa shape index (κ1) is 15.0. The second kappa shape index (κ2) is 5.28. The minimum absolute atomic E-state index is 0.115.